The van der Waals surface area contributed by atoms with E-state index < -0.39 is 6.04 Å². The van der Waals surface area contributed by atoms with Crippen LogP contribution in [0, 0.1) is 0 Å². The van der Waals surface area contributed by atoms with Gasteiger partial charge in [-0.3, -0.25) is 4.79 Å². The van der Waals surface area contributed by atoms with E-state index in [0.717, 1.165) is 11.3 Å². The SMILES string of the molecule is CNC(=O)C(Nc1ccccc1OC)c1ccccc1. The largest absolute Gasteiger partial charge is 0.495 e. The maximum atomic E-state index is 12.1. The summed E-state index contributed by atoms with van der Waals surface area (Å²) < 4.78 is 5.30. The first-order valence-electron chi connectivity index (χ1n) is 6.42. The number of nitrogens with one attached hydrogen (secondary N) is 2. The summed E-state index contributed by atoms with van der Waals surface area (Å²) in [6, 6.07) is 16.7. The lowest BCUT2D eigenvalue weighted by atomic mass is 10.1. The molecule has 20 heavy (non-hydrogen) atoms. The summed E-state index contributed by atoms with van der Waals surface area (Å²) in [5.41, 5.74) is 1.69. The third kappa shape index (κ3) is 3.09. The van der Waals surface area contributed by atoms with Gasteiger partial charge in [0.15, 0.2) is 0 Å². The van der Waals surface area contributed by atoms with Gasteiger partial charge >= 0.3 is 0 Å². The number of methoxy groups -OCH3 is 1. The van der Waals surface area contributed by atoms with Crippen molar-refractivity contribution in [2.45, 2.75) is 6.04 Å². The van der Waals surface area contributed by atoms with Crippen LogP contribution < -0.4 is 15.4 Å². The fourth-order valence-corrected chi connectivity index (χ4v) is 2.01. The van der Waals surface area contributed by atoms with Crippen LogP contribution in [-0.2, 0) is 4.79 Å². The Morgan fingerprint density at radius 3 is 2.35 bits per heavy atom. The first-order chi connectivity index (χ1) is 9.76. The molecule has 1 amide bonds. The minimum atomic E-state index is -0.461. The minimum absolute atomic E-state index is 0.0953. The molecule has 0 aliphatic rings. The zero-order valence-electron chi connectivity index (χ0n) is 11.6. The molecule has 0 aliphatic carbocycles. The lowest BCUT2D eigenvalue weighted by Crippen LogP contribution is -2.30. The van der Waals surface area contributed by atoms with Crippen LogP contribution in [0.2, 0.25) is 0 Å². The van der Waals surface area contributed by atoms with E-state index in [9.17, 15) is 4.79 Å². The van der Waals surface area contributed by atoms with Gasteiger partial charge in [0, 0.05) is 7.05 Å². The summed E-state index contributed by atoms with van der Waals surface area (Å²) in [7, 11) is 3.24. The molecule has 104 valence electrons. The molecule has 0 saturated heterocycles. The molecule has 2 N–H and O–H groups in total. The zero-order chi connectivity index (χ0) is 14.4. The summed E-state index contributed by atoms with van der Waals surface area (Å²) >= 11 is 0. The van der Waals surface area contributed by atoms with E-state index in [2.05, 4.69) is 10.6 Å². The topological polar surface area (TPSA) is 50.4 Å². The van der Waals surface area contributed by atoms with E-state index >= 15 is 0 Å². The average Bonchev–Trinajstić information content (AvgIpc) is 2.53. The summed E-state index contributed by atoms with van der Waals surface area (Å²) in [4.78, 5) is 12.1. The predicted octanol–water partition coefficient (Wildman–Crippen LogP) is 2.59. The number of amides is 1. The summed E-state index contributed by atoms with van der Waals surface area (Å²) in [5.74, 6) is 0.611. The molecule has 2 aromatic carbocycles. The molecule has 1 atom stereocenters. The first-order valence-corrected chi connectivity index (χ1v) is 6.42. The van der Waals surface area contributed by atoms with Crippen LogP contribution in [0.25, 0.3) is 0 Å². The van der Waals surface area contributed by atoms with Gasteiger partial charge in [-0.05, 0) is 17.7 Å². The molecule has 0 spiro atoms. The Morgan fingerprint density at radius 1 is 1.05 bits per heavy atom. The third-order valence-electron chi connectivity index (χ3n) is 3.05. The standard InChI is InChI=1S/C16H18N2O2/c1-17-16(19)15(12-8-4-3-5-9-12)18-13-10-6-7-11-14(13)20-2/h3-11,15,18H,1-2H3,(H,17,19). The van der Waals surface area contributed by atoms with Crippen molar-refractivity contribution >= 4 is 11.6 Å². The Kier molecular flexibility index (Phi) is 4.60. The zero-order valence-corrected chi connectivity index (χ0v) is 11.6. The molecule has 0 aliphatic heterocycles. The number of hydrogen-bond donors (Lipinski definition) is 2. The Balaban J connectivity index is 2.31. The molecule has 0 radical (unpaired) electrons. The first kappa shape index (κ1) is 13.9. The highest BCUT2D eigenvalue weighted by molar-refractivity contribution is 5.86. The highest BCUT2D eigenvalue weighted by Crippen LogP contribution is 2.27. The number of carbonyl (C=O) groups excluding carboxylic acids is 1. The van der Waals surface area contributed by atoms with Crippen LogP contribution in [-0.4, -0.2) is 20.1 Å². The van der Waals surface area contributed by atoms with Crippen molar-refractivity contribution in [1.82, 2.24) is 5.32 Å². The fraction of sp³-hybridized carbons (Fsp3) is 0.188. The Morgan fingerprint density at radius 2 is 1.70 bits per heavy atom. The molecule has 0 saturated carbocycles. The molecule has 4 nitrogen and oxygen atoms in total. The molecule has 1 unspecified atom stereocenters. The van der Waals surface area contributed by atoms with E-state index in [1.807, 2.05) is 54.6 Å². The van der Waals surface area contributed by atoms with Crippen LogP contribution in [0.1, 0.15) is 11.6 Å². The number of carbonyl (C=O) groups is 1. The van der Waals surface area contributed by atoms with Gasteiger partial charge in [0.05, 0.1) is 12.8 Å². The highest BCUT2D eigenvalue weighted by Gasteiger charge is 2.20. The number of likely N-dealkylation sites (N-methyl/N-ethyl adjacent to an activating group) is 1. The van der Waals surface area contributed by atoms with Crippen molar-refractivity contribution in [1.29, 1.82) is 0 Å². The van der Waals surface area contributed by atoms with Crippen LogP contribution in [0.15, 0.2) is 54.6 Å². The maximum absolute atomic E-state index is 12.1. The number of para-hydroxylation sites is 2. The number of hydrogen-bond acceptors (Lipinski definition) is 3. The average molecular weight is 270 g/mol. The predicted molar refractivity (Wildman–Crippen MR) is 79.9 cm³/mol. The quantitative estimate of drug-likeness (QED) is 0.878. The Bertz CT molecular complexity index is 570. The van der Waals surface area contributed by atoms with Gasteiger partial charge in [0.2, 0.25) is 5.91 Å². The molecular formula is C16H18N2O2. The molecule has 0 heterocycles. The van der Waals surface area contributed by atoms with E-state index in [-0.39, 0.29) is 5.91 Å². The minimum Gasteiger partial charge on any atom is -0.495 e. The van der Waals surface area contributed by atoms with Gasteiger partial charge in [-0.15, -0.1) is 0 Å². The maximum Gasteiger partial charge on any atom is 0.246 e. The number of ether oxygens (including phenoxy) is 1. The van der Waals surface area contributed by atoms with Gasteiger partial charge < -0.3 is 15.4 Å². The normalized spacial score (nSPS) is 11.5. The highest BCUT2D eigenvalue weighted by atomic mass is 16.5. The van der Waals surface area contributed by atoms with Crippen LogP contribution in [0.3, 0.4) is 0 Å². The summed E-state index contributed by atoms with van der Waals surface area (Å²) in [6.45, 7) is 0. The van der Waals surface area contributed by atoms with Gasteiger partial charge in [-0.1, -0.05) is 42.5 Å². The molecule has 2 rings (SSSR count). The second kappa shape index (κ2) is 6.61. The molecule has 0 bridgehead atoms. The molecular weight excluding hydrogens is 252 g/mol. The monoisotopic (exact) mass is 270 g/mol. The van der Waals surface area contributed by atoms with E-state index in [1.165, 1.54) is 0 Å². The van der Waals surface area contributed by atoms with Crippen molar-refractivity contribution in [3.8, 4) is 5.75 Å². The van der Waals surface area contributed by atoms with Crippen molar-refractivity contribution < 1.29 is 9.53 Å². The second-order valence-electron chi connectivity index (χ2n) is 4.30. The van der Waals surface area contributed by atoms with Gasteiger partial charge in [0.25, 0.3) is 0 Å². The van der Waals surface area contributed by atoms with Crippen LogP contribution in [0.4, 0.5) is 5.69 Å². The Labute approximate surface area is 118 Å². The number of anilines is 1. The lowest BCUT2D eigenvalue weighted by molar-refractivity contribution is -0.121. The summed E-state index contributed by atoms with van der Waals surface area (Å²) in [6.07, 6.45) is 0. The van der Waals surface area contributed by atoms with Crippen molar-refractivity contribution in [3.63, 3.8) is 0 Å². The molecule has 4 heteroatoms. The number of benzene rings is 2. The van der Waals surface area contributed by atoms with Gasteiger partial charge in [0.1, 0.15) is 11.8 Å². The van der Waals surface area contributed by atoms with Crippen LogP contribution >= 0.6 is 0 Å². The van der Waals surface area contributed by atoms with E-state index in [1.54, 1.807) is 14.2 Å². The number of rotatable bonds is 5. The second-order valence-corrected chi connectivity index (χ2v) is 4.30. The molecule has 0 aromatic heterocycles. The van der Waals surface area contributed by atoms with E-state index in [0.29, 0.717) is 5.75 Å². The van der Waals surface area contributed by atoms with E-state index in [4.69, 9.17) is 4.74 Å². The van der Waals surface area contributed by atoms with Gasteiger partial charge in [-0.2, -0.15) is 0 Å². The Hall–Kier alpha value is -2.49. The van der Waals surface area contributed by atoms with Crippen molar-refractivity contribution in [3.05, 3.63) is 60.2 Å². The third-order valence-corrected chi connectivity index (χ3v) is 3.05. The smallest absolute Gasteiger partial charge is 0.246 e. The molecule has 2 aromatic rings. The van der Waals surface area contributed by atoms with Crippen molar-refractivity contribution in [2.24, 2.45) is 0 Å². The molecule has 0 fully saturated rings. The fourth-order valence-electron chi connectivity index (χ4n) is 2.01. The lowest BCUT2D eigenvalue weighted by Gasteiger charge is -2.20. The van der Waals surface area contributed by atoms with Crippen molar-refractivity contribution in [2.75, 3.05) is 19.5 Å². The van der Waals surface area contributed by atoms with Crippen LogP contribution in [0.5, 0.6) is 5.75 Å². The summed E-state index contributed by atoms with van der Waals surface area (Å²) in [5, 5.41) is 5.91. The van der Waals surface area contributed by atoms with Gasteiger partial charge in [-0.25, -0.2) is 0 Å².